The lowest BCUT2D eigenvalue weighted by Gasteiger charge is -2.19. The standard InChI is InChI=1S/C10H11F3N2O2S/c1-9(2,18-17)8(16)15-7-5-3-4-6(14-7)10(11,12)13/h3-5,17H,1-2H3,(H,14,15,16). The molecule has 1 aromatic heterocycles. The third-order valence-electron chi connectivity index (χ3n) is 2.06. The molecule has 100 valence electrons. The summed E-state index contributed by atoms with van der Waals surface area (Å²) in [6, 6.07) is 3.19. The number of nitrogens with one attached hydrogen (secondary N) is 1. The molecule has 1 aromatic rings. The second kappa shape index (κ2) is 5.15. The summed E-state index contributed by atoms with van der Waals surface area (Å²) in [5.74, 6) is -0.848. The number of alkyl halides is 3. The first kappa shape index (κ1) is 14.8. The first-order valence-corrected chi connectivity index (χ1v) is 5.62. The molecule has 0 saturated heterocycles. The normalized spacial score (nSPS) is 12.3. The quantitative estimate of drug-likeness (QED) is 0.835. The van der Waals surface area contributed by atoms with Crippen LogP contribution in [0.5, 0.6) is 0 Å². The van der Waals surface area contributed by atoms with Gasteiger partial charge >= 0.3 is 6.18 Å². The van der Waals surface area contributed by atoms with Gasteiger partial charge in [0.05, 0.1) is 0 Å². The van der Waals surface area contributed by atoms with Crippen molar-refractivity contribution in [2.45, 2.75) is 24.8 Å². The van der Waals surface area contributed by atoms with Crippen LogP contribution in [-0.4, -0.2) is 20.2 Å². The van der Waals surface area contributed by atoms with E-state index in [0.29, 0.717) is 12.0 Å². The van der Waals surface area contributed by atoms with Crippen LogP contribution < -0.4 is 5.32 Å². The average Bonchev–Trinajstić information content (AvgIpc) is 2.28. The fourth-order valence-corrected chi connectivity index (χ4v) is 1.10. The molecule has 2 N–H and O–H groups in total. The molecular formula is C10H11F3N2O2S. The first-order valence-electron chi connectivity index (χ1n) is 4.85. The lowest BCUT2D eigenvalue weighted by molar-refractivity contribution is -0.141. The van der Waals surface area contributed by atoms with Gasteiger partial charge in [0.1, 0.15) is 16.3 Å². The van der Waals surface area contributed by atoms with Gasteiger partial charge in [-0.15, -0.1) is 0 Å². The number of halogens is 3. The number of rotatable bonds is 3. The number of anilines is 1. The number of pyridine rings is 1. The molecule has 0 fully saturated rings. The van der Waals surface area contributed by atoms with E-state index in [-0.39, 0.29) is 5.82 Å². The highest BCUT2D eigenvalue weighted by Gasteiger charge is 2.33. The topological polar surface area (TPSA) is 62.2 Å². The van der Waals surface area contributed by atoms with Crippen molar-refractivity contribution >= 4 is 23.8 Å². The predicted molar refractivity (Wildman–Crippen MR) is 62.2 cm³/mol. The molecule has 0 bridgehead atoms. The Kier molecular flexibility index (Phi) is 4.23. The SMILES string of the molecule is CC(C)(SO)C(=O)Nc1cccc(C(F)(F)F)n1. The maximum atomic E-state index is 12.4. The maximum Gasteiger partial charge on any atom is 0.433 e. The first-order chi connectivity index (χ1) is 8.16. The Bertz CT molecular complexity index is 449. The number of hydrogen-bond acceptors (Lipinski definition) is 4. The summed E-state index contributed by atoms with van der Waals surface area (Å²) in [7, 11) is 0. The second-order valence-electron chi connectivity index (χ2n) is 3.96. The summed E-state index contributed by atoms with van der Waals surface area (Å²) in [6.45, 7) is 2.86. The smallest absolute Gasteiger partial charge is 0.329 e. The fourth-order valence-electron chi connectivity index (χ4n) is 0.970. The van der Waals surface area contributed by atoms with Crippen molar-refractivity contribution in [2.24, 2.45) is 0 Å². The van der Waals surface area contributed by atoms with E-state index in [1.807, 2.05) is 0 Å². The van der Waals surface area contributed by atoms with E-state index in [0.717, 1.165) is 12.1 Å². The van der Waals surface area contributed by atoms with E-state index in [2.05, 4.69) is 10.3 Å². The van der Waals surface area contributed by atoms with Crippen molar-refractivity contribution < 1.29 is 22.5 Å². The minimum atomic E-state index is -4.57. The van der Waals surface area contributed by atoms with E-state index in [1.54, 1.807) is 0 Å². The van der Waals surface area contributed by atoms with Crippen LogP contribution >= 0.6 is 12.0 Å². The predicted octanol–water partition coefficient (Wildman–Crippen LogP) is 3.02. The van der Waals surface area contributed by atoms with Crippen LogP contribution in [0.3, 0.4) is 0 Å². The van der Waals surface area contributed by atoms with Crippen molar-refractivity contribution in [3.05, 3.63) is 23.9 Å². The molecule has 0 radical (unpaired) electrons. The van der Waals surface area contributed by atoms with E-state index < -0.39 is 22.5 Å². The molecule has 1 amide bonds. The molecule has 0 unspecified atom stereocenters. The fraction of sp³-hybridized carbons (Fsp3) is 0.400. The Morgan fingerprint density at radius 2 is 2.00 bits per heavy atom. The highest BCUT2D eigenvalue weighted by molar-refractivity contribution is 7.95. The van der Waals surface area contributed by atoms with Crippen LogP contribution in [-0.2, 0) is 11.0 Å². The summed E-state index contributed by atoms with van der Waals surface area (Å²) >= 11 is 0.302. The van der Waals surface area contributed by atoms with Crippen LogP contribution in [0, 0.1) is 0 Å². The summed E-state index contributed by atoms with van der Waals surface area (Å²) in [5.41, 5.74) is -1.09. The van der Waals surface area contributed by atoms with Crippen molar-refractivity contribution in [3.8, 4) is 0 Å². The summed E-state index contributed by atoms with van der Waals surface area (Å²) in [4.78, 5) is 14.9. The Morgan fingerprint density at radius 3 is 2.50 bits per heavy atom. The molecule has 1 rings (SSSR count). The molecule has 0 aromatic carbocycles. The van der Waals surface area contributed by atoms with Crippen molar-refractivity contribution in [2.75, 3.05) is 5.32 Å². The Balaban J connectivity index is 2.90. The molecule has 0 aliphatic heterocycles. The lowest BCUT2D eigenvalue weighted by atomic mass is 10.2. The third-order valence-corrected chi connectivity index (χ3v) is 2.70. The highest BCUT2D eigenvalue weighted by atomic mass is 32.2. The van der Waals surface area contributed by atoms with Gasteiger partial charge in [-0.05, 0) is 26.0 Å². The van der Waals surface area contributed by atoms with Gasteiger partial charge in [0.15, 0.2) is 0 Å². The molecule has 0 aliphatic carbocycles. The third kappa shape index (κ3) is 3.61. The maximum absolute atomic E-state index is 12.4. The molecular weight excluding hydrogens is 269 g/mol. The van der Waals surface area contributed by atoms with Gasteiger partial charge < -0.3 is 9.87 Å². The second-order valence-corrected chi connectivity index (χ2v) is 5.16. The van der Waals surface area contributed by atoms with Gasteiger partial charge in [-0.2, -0.15) is 13.2 Å². The zero-order valence-electron chi connectivity index (χ0n) is 9.58. The van der Waals surface area contributed by atoms with Crippen molar-refractivity contribution in [3.63, 3.8) is 0 Å². The number of amides is 1. The Hall–Kier alpha value is -1.28. The number of hydrogen-bond donors (Lipinski definition) is 2. The van der Waals surface area contributed by atoms with Gasteiger partial charge in [-0.3, -0.25) is 4.79 Å². The average molecular weight is 280 g/mol. The van der Waals surface area contributed by atoms with E-state index in [9.17, 15) is 18.0 Å². The van der Waals surface area contributed by atoms with Crippen LogP contribution in [0.4, 0.5) is 19.0 Å². The molecule has 0 saturated carbocycles. The zero-order chi connectivity index (χ0) is 14.0. The molecule has 18 heavy (non-hydrogen) atoms. The van der Waals surface area contributed by atoms with Crippen molar-refractivity contribution in [1.82, 2.24) is 4.98 Å². The summed E-state index contributed by atoms with van der Waals surface area (Å²) in [5, 5.41) is 2.21. The summed E-state index contributed by atoms with van der Waals surface area (Å²) in [6.07, 6.45) is -4.57. The minimum absolute atomic E-state index is 0.211. The Morgan fingerprint density at radius 1 is 1.39 bits per heavy atom. The highest BCUT2D eigenvalue weighted by Crippen LogP contribution is 2.28. The molecule has 1 heterocycles. The van der Waals surface area contributed by atoms with Crippen LogP contribution in [0.2, 0.25) is 0 Å². The molecule has 4 nitrogen and oxygen atoms in total. The van der Waals surface area contributed by atoms with Gasteiger partial charge in [-0.25, -0.2) is 4.98 Å². The van der Waals surface area contributed by atoms with Gasteiger partial charge in [0, 0.05) is 12.0 Å². The number of aromatic nitrogens is 1. The number of nitrogens with zero attached hydrogens (tertiary/aromatic N) is 1. The van der Waals surface area contributed by atoms with Gasteiger partial charge in [0.25, 0.3) is 0 Å². The summed E-state index contributed by atoms with van der Waals surface area (Å²) < 4.78 is 44.9. The number of carbonyl (C=O) groups excluding carboxylic acids is 1. The van der Waals surface area contributed by atoms with E-state index in [4.69, 9.17) is 4.55 Å². The van der Waals surface area contributed by atoms with Crippen LogP contribution in [0.1, 0.15) is 19.5 Å². The van der Waals surface area contributed by atoms with Gasteiger partial charge in [0.2, 0.25) is 5.91 Å². The molecule has 8 heteroatoms. The monoisotopic (exact) mass is 280 g/mol. The van der Waals surface area contributed by atoms with Crippen LogP contribution in [0.25, 0.3) is 0 Å². The van der Waals surface area contributed by atoms with Gasteiger partial charge in [-0.1, -0.05) is 6.07 Å². The largest absolute Gasteiger partial charge is 0.433 e. The molecule has 0 aliphatic rings. The van der Waals surface area contributed by atoms with Crippen LogP contribution in [0.15, 0.2) is 18.2 Å². The van der Waals surface area contributed by atoms with E-state index >= 15 is 0 Å². The molecule has 0 atom stereocenters. The molecule has 0 spiro atoms. The van der Waals surface area contributed by atoms with E-state index in [1.165, 1.54) is 19.9 Å². The lowest BCUT2D eigenvalue weighted by Crippen LogP contribution is -2.34. The minimum Gasteiger partial charge on any atom is -0.329 e. The Labute approximate surface area is 106 Å². The zero-order valence-corrected chi connectivity index (χ0v) is 10.4. The van der Waals surface area contributed by atoms with Crippen molar-refractivity contribution in [1.29, 1.82) is 0 Å². The number of carbonyl (C=O) groups is 1.